The van der Waals surface area contributed by atoms with Crippen molar-refractivity contribution in [2.75, 3.05) is 13.7 Å². The van der Waals surface area contributed by atoms with Gasteiger partial charge < -0.3 is 9.64 Å². The highest BCUT2D eigenvalue weighted by Gasteiger charge is 2.32. The van der Waals surface area contributed by atoms with Crippen LogP contribution in [-0.4, -0.2) is 36.5 Å². The molecular weight excluding hydrogens is 254 g/mol. The first-order valence-electron chi connectivity index (χ1n) is 7.04. The number of nitrogens with zero attached hydrogens (tertiary/aromatic N) is 1. The first-order valence-corrected chi connectivity index (χ1v) is 7.04. The second-order valence-electron chi connectivity index (χ2n) is 5.28. The van der Waals surface area contributed by atoms with E-state index in [1.807, 2.05) is 31.2 Å². The van der Waals surface area contributed by atoms with E-state index < -0.39 is 6.04 Å². The summed E-state index contributed by atoms with van der Waals surface area (Å²) in [4.78, 5) is 25.8. The van der Waals surface area contributed by atoms with Gasteiger partial charge in [-0.3, -0.25) is 4.79 Å². The highest BCUT2D eigenvalue weighted by Crippen LogP contribution is 2.19. The Bertz CT molecular complexity index is 481. The summed E-state index contributed by atoms with van der Waals surface area (Å²) >= 11 is 0. The molecule has 0 N–H and O–H groups in total. The molecule has 108 valence electrons. The van der Waals surface area contributed by atoms with Crippen molar-refractivity contribution in [3.05, 3.63) is 35.4 Å². The number of carbonyl (C=O) groups excluding carboxylic acids is 2. The molecule has 0 radical (unpaired) electrons. The predicted octanol–water partition coefficient (Wildman–Crippen LogP) is 2.09. The van der Waals surface area contributed by atoms with Gasteiger partial charge in [0, 0.05) is 6.54 Å². The van der Waals surface area contributed by atoms with Crippen LogP contribution in [0.3, 0.4) is 0 Å². The number of ether oxygens (including phenoxy) is 1. The zero-order valence-electron chi connectivity index (χ0n) is 12.1. The van der Waals surface area contributed by atoms with E-state index in [2.05, 4.69) is 0 Å². The van der Waals surface area contributed by atoms with E-state index in [0.29, 0.717) is 19.4 Å². The van der Waals surface area contributed by atoms with Gasteiger partial charge in [-0.1, -0.05) is 29.8 Å². The van der Waals surface area contributed by atoms with Crippen LogP contribution in [0, 0.1) is 6.92 Å². The first kappa shape index (κ1) is 14.6. The van der Waals surface area contributed by atoms with Crippen molar-refractivity contribution in [1.82, 2.24) is 4.90 Å². The van der Waals surface area contributed by atoms with Gasteiger partial charge in [-0.15, -0.1) is 0 Å². The van der Waals surface area contributed by atoms with Crippen LogP contribution in [0.25, 0.3) is 0 Å². The normalized spacial score (nSPS) is 18.7. The lowest BCUT2D eigenvalue weighted by atomic mass is 10.0. The number of piperidine rings is 1. The Kier molecular flexibility index (Phi) is 4.77. The molecule has 1 aromatic rings. The van der Waals surface area contributed by atoms with E-state index in [9.17, 15) is 9.59 Å². The van der Waals surface area contributed by atoms with Gasteiger partial charge in [0.05, 0.1) is 13.5 Å². The number of esters is 1. The number of rotatable bonds is 3. The minimum atomic E-state index is -0.410. The van der Waals surface area contributed by atoms with Gasteiger partial charge in [0.25, 0.3) is 0 Å². The number of hydrogen-bond acceptors (Lipinski definition) is 3. The van der Waals surface area contributed by atoms with Crippen molar-refractivity contribution in [3.63, 3.8) is 0 Å². The van der Waals surface area contributed by atoms with E-state index in [4.69, 9.17) is 4.74 Å². The molecule has 1 aromatic carbocycles. The number of benzene rings is 1. The van der Waals surface area contributed by atoms with Gasteiger partial charge in [-0.2, -0.15) is 0 Å². The fraction of sp³-hybridized carbons (Fsp3) is 0.500. The summed E-state index contributed by atoms with van der Waals surface area (Å²) in [5.41, 5.74) is 2.15. The Balaban J connectivity index is 2.05. The molecule has 1 atom stereocenters. The summed E-state index contributed by atoms with van der Waals surface area (Å²) in [7, 11) is 1.37. The maximum atomic E-state index is 12.4. The average Bonchev–Trinajstić information content (AvgIpc) is 2.48. The zero-order chi connectivity index (χ0) is 14.5. The second-order valence-corrected chi connectivity index (χ2v) is 5.28. The Morgan fingerprint density at radius 3 is 2.60 bits per heavy atom. The fourth-order valence-electron chi connectivity index (χ4n) is 2.59. The third-order valence-electron chi connectivity index (χ3n) is 3.77. The number of aryl methyl sites for hydroxylation is 1. The molecule has 0 aromatic heterocycles. The van der Waals surface area contributed by atoms with Crippen LogP contribution in [0.5, 0.6) is 0 Å². The summed E-state index contributed by atoms with van der Waals surface area (Å²) < 4.78 is 4.80. The molecule has 1 aliphatic rings. The van der Waals surface area contributed by atoms with Gasteiger partial charge in [0.15, 0.2) is 0 Å². The highest BCUT2D eigenvalue weighted by atomic mass is 16.5. The van der Waals surface area contributed by atoms with Crippen LogP contribution in [0.4, 0.5) is 0 Å². The van der Waals surface area contributed by atoms with Crippen molar-refractivity contribution in [1.29, 1.82) is 0 Å². The molecule has 1 saturated heterocycles. The predicted molar refractivity (Wildman–Crippen MR) is 76.3 cm³/mol. The van der Waals surface area contributed by atoms with E-state index in [-0.39, 0.29) is 11.9 Å². The smallest absolute Gasteiger partial charge is 0.328 e. The van der Waals surface area contributed by atoms with Crippen LogP contribution >= 0.6 is 0 Å². The third-order valence-corrected chi connectivity index (χ3v) is 3.77. The standard InChI is InChI=1S/C16H21NO3/c1-12-6-8-13(9-7-12)11-15(18)17-10-4-3-5-14(17)16(19)20-2/h6-9,14H,3-5,10-11H2,1-2H3. The quantitative estimate of drug-likeness (QED) is 0.794. The maximum Gasteiger partial charge on any atom is 0.328 e. The van der Waals surface area contributed by atoms with Gasteiger partial charge in [0.1, 0.15) is 6.04 Å². The van der Waals surface area contributed by atoms with Gasteiger partial charge in [-0.25, -0.2) is 4.79 Å². The number of carbonyl (C=O) groups is 2. The SMILES string of the molecule is COC(=O)C1CCCCN1C(=O)Cc1ccc(C)cc1. The number of amides is 1. The summed E-state index contributed by atoms with van der Waals surface area (Å²) in [6.45, 7) is 2.66. The molecular formula is C16H21NO3. The van der Waals surface area contributed by atoms with Gasteiger partial charge in [-0.05, 0) is 31.7 Å². The molecule has 1 heterocycles. The van der Waals surface area contributed by atoms with Crippen LogP contribution in [0.15, 0.2) is 24.3 Å². The molecule has 1 amide bonds. The molecule has 1 fully saturated rings. The van der Waals surface area contributed by atoms with Crippen LogP contribution < -0.4 is 0 Å². The van der Waals surface area contributed by atoms with Crippen molar-refractivity contribution >= 4 is 11.9 Å². The summed E-state index contributed by atoms with van der Waals surface area (Å²) in [5.74, 6) is -0.300. The topological polar surface area (TPSA) is 46.6 Å². The lowest BCUT2D eigenvalue weighted by Gasteiger charge is -2.33. The van der Waals surface area contributed by atoms with Crippen molar-refractivity contribution in [2.24, 2.45) is 0 Å². The average molecular weight is 275 g/mol. The summed E-state index contributed by atoms with van der Waals surface area (Å²) in [5, 5.41) is 0. The van der Waals surface area contributed by atoms with Crippen molar-refractivity contribution in [2.45, 2.75) is 38.6 Å². The molecule has 0 bridgehead atoms. The van der Waals surface area contributed by atoms with E-state index in [0.717, 1.165) is 18.4 Å². The molecule has 0 saturated carbocycles. The molecule has 4 heteroatoms. The second kappa shape index (κ2) is 6.55. The Morgan fingerprint density at radius 2 is 1.95 bits per heavy atom. The van der Waals surface area contributed by atoms with Gasteiger partial charge >= 0.3 is 5.97 Å². The zero-order valence-corrected chi connectivity index (χ0v) is 12.1. The minimum Gasteiger partial charge on any atom is -0.467 e. The number of likely N-dealkylation sites (tertiary alicyclic amines) is 1. The van der Waals surface area contributed by atoms with Crippen molar-refractivity contribution < 1.29 is 14.3 Å². The van der Waals surface area contributed by atoms with Crippen LogP contribution in [0.1, 0.15) is 30.4 Å². The molecule has 0 spiro atoms. The molecule has 1 aliphatic heterocycles. The van der Waals surface area contributed by atoms with E-state index in [1.54, 1.807) is 4.90 Å². The lowest BCUT2D eigenvalue weighted by molar-refractivity contribution is -0.154. The van der Waals surface area contributed by atoms with E-state index >= 15 is 0 Å². The maximum absolute atomic E-state index is 12.4. The van der Waals surface area contributed by atoms with Gasteiger partial charge in [0.2, 0.25) is 5.91 Å². The molecule has 4 nitrogen and oxygen atoms in total. The molecule has 1 unspecified atom stereocenters. The number of hydrogen-bond donors (Lipinski definition) is 0. The highest BCUT2D eigenvalue weighted by molar-refractivity contribution is 5.86. The summed E-state index contributed by atoms with van der Waals surface area (Å²) in [6.07, 6.45) is 2.96. The van der Waals surface area contributed by atoms with Crippen LogP contribution in [-0.2, 0) is 20.7 Å². The lowest BCUT2D eigenvalue weighted by Crippen LogP contribution is -2.49. The molecule has 0 aliphatic carbocycles. The molecule has 20 heavy (non-hydrogen) atoms. The van der Waals surface area contributed by atoms with Crippen molar-refractivity contribution in [3.8, 4) is 0 Å². The number of methoxy groups -OCH3 is 1. The Labute approximate surface area is 119 Å². The monoisotopic (exact) mass is 275 g/mol. The molecule has 2 rings (SSSR count). The fourth-order valence-corrected chi connectivity index (χ4v) is 2.59. The largest absolute Gasteiger partial charge is 0.467 e. The van der Waals surface area contributed by atoms with E-state index in [1.165, 1.54) is 12.7 Å². The summed E-state index contributed by atoms with van der Waals surface area (Å²) in [6, 6.07) is 7.51. The Hall–Kier alpha value is -1.84. The minimum absolute atomic E-state index is 0.00366. The van der Waals surface area contributed by atoms with Crippen LogP contribution in [0.2, 0.25) is 0 Å². The third kappa shape index (κ3) is 3.38. The first-order chi connectivity index (χ1) is 9.61. The Morgan fingerprint density at radius 1 is 1.25 bits per heavy atom.